The van der Waals surface area contributed by atoms with Gasteiger partial charge < -0.3 is 20.3 Å². The zero-order valence-corrected chi connectivity index (χ0v) is 26.5. The Morgan fingerprint density at radius 2 is 1.95 bits per heavy atom. The maximum Gasteiger partial charge on any atom is 0.408 e. The standard InChI is InChI=1S/C30H44N6O7S/c1-29(2,3)43-28(40)33-23-13-8-6-4-5-7-12-22-19-30(22,34-25(37)24-14-10-18-36(24)26(23)38)27(39)35-44(41,42)32-17-15-21-11-9-16-31-20-21/h7,9,11-12,16,20,22-24,32H,4-6,8,10,13-15,17-19H2,1-3H3,(H,33,40)(H,34,37)(H,35,39)/b12-7-/t22-,23-,24-,30+/m0/s1. The molecular formula is C30H44N6O7S. The van der Waals surface area contributed by atoms with Gasteiger partial charge in [-0.2, -0.15) is 13.1 Å². The van der Waals surface area contributed by atoms with Gasteiger partial charge in [0.1, 0.15) is 23.2 Å². The van der Waals surface area contributed by atoms with Crippen LogP contribution < -0.4 is 20.1 Å². The second kappa shape index (κ2) is 14.1. The van der Waals surface area contributed by atoms with Gasteiger partial charge in [0, 0.05) is 31.4 Å². The van der Waals surface area contributed by atoms with Crippen LogP contribution in [-0.2, 0) is 35.8 Å². The van der Waals surface area contributed by atoms with Crippen LogP contribution in [0.1, 0.15) is 77.7 Å². The maximum absolute atomic E-state index is 13.7. The predicted octanol–water partition coefficient (Wildman–Crippen LogP) is 1.85. The molecule has 0 radical (unpaired) electrons. The Morgan fingerprint density at radius 1 is 1.16 bits per heavy atom. The number of carbonyl (C=O) groups excluding carboxylic acids is 4. The van der Waals surface area contributed by atoms with Crippen molar-refractivity contribution >= 4 is 34.0 Å². The van der Waals surface area contributed by atoms with Gasteiger partial charge in [-0.15, -0.1) is 0 Å². The highest BCUT2D eigenvalue weighted by Gasteiger charge is 2.61. The highest BCUT2D eigenvalue weighted by molar-refractivity contribution is 7.88. The fourth-order valence-corrected chi connectivity index (χ4v) is 6.54. The number of nitrogens with one attached hydrogen (secondary N) is 4. The Morgan fingerprint density at radius 3 is 2.68 bits per heavy atom. The van der Waals surface area contributed by atoms with Crippen LogP contribution in [0.25, 0.3) is 0 Å². The van der Waals surface area contributed by atoms with Crippen LogP contribution in [0.2, 0.25) is 0 Å². The summed E-state index contributed by atoms with van der Waals surface area (Å²) in [6.45, 7) is 5.58. The molecule has 1 aliphatic carbocycles. The molecule has 1 aromatic rings. The largest absolute Gasteiger partial charge is 0.444 e. The van der Waals surface area contributed by atoms with E-state index in [-0.39, 0.29) is 18.9 Å². The molecule has 1 saturated heterocycles. The number of rotatable bonds is 7. The monoisotopic (exact) mass is 632 g/mol. The molecule has 4 atom stereocenters. The number of ether oxygens (including phenoxy) is 1. The van der Waals surface area contributed by atoms with Gasteiger partial charge in [-0.25, -0.2) is 9.52 Å². The van der Waals surface area contributed by atoms with Crippen LogP contribution in [-0.4, -0.2) is 78.4 Å². The molecule has 0 aromatic carbocycles. The number of fused-ring (bicyclic) bond motifs is 2. The Balaban J connectivity index is 1.47. The van der Waals surface area contributed by atoms with Crippen molar-refractivity contribution in [3.63, 3.8) is 0 Å². The highest BCUT2D eigenvalue weighted by Crippen LogP contribution is 2.45. The Hall–Kier alpha value is -3.52. The van der Waals surface area contributed by atoms with Crippen LogP contribution in [0.15, 0.2) is 36.7 Å². The molecule has 0 unspecified atom stereocenters. The minimum Gasteiger partial charge on any atom is -0.444 e. The zero-order valence-electron chi connectivity index (χ0n) is 25.6. The number of hydrogen-bond acceptors (Lipinski definition) is 8. The van der Waals surface area contributed by atoms with Crippen molar-refractivity contribution in [1.29, 1.82) is 0 Å². The number of hydrogen-bond donors (Lipinski definition) is 4. The Bertz CT molecular complexity index is 1350. The van der Waals surface area contributed by atoms with Gasteiger partial charge in [-0.3, -0.25) is 19.4 Å². The average Bonchev–Trinajstić information content (AvgIpc) is 3.40. The summed E-state index contributed by atoms with van der Waals surface area (Å²) in [4.78, 5) is 58.8. The molecule has 0 bridgehead atoms. The van der Waals surface area contributed by atoms with E-state index in [1.807, 2.05) is 18.2 Å². The van der Waals surface area contributed by atoms with E-state index in [2.05, 4.69) is 25.1 Å². The van der Waals surface area contributed by atoms with Gasteiger partial charge in [0.25, 0.3) is 5.91 Å². The lowest BCUT2D eigenvalue weighted by molar-refractivity contribution is -0.141. The van der Waals surface area contributed by atoms with E-state index in [0.29, 0.717) is 45.1 Å². The molecule has 4 rings (SSSR count). The molecule has 2 fully saturated rings. The first-order chi connectivity index (χ1) is 20.8. The van der Waals surface area contributed by atoms with E-state index in [1.54, 1.807) is 39.2 Å². The van der Waals surface area contributed by atoms with E-state index in [9.17, 15) is 27.6 Å². The first-order valence-corrected chi connectivity index (χ1v) is 16.8. The lowest BCUT2D eigenvalue weighted by atomic mass is 10.0. The first-order valence-electron chi connectivity index (χ1n) is 15.3. The van der Waals surface area contributed by atoms with Crippen LogP contribution in [0.3, 0.4) is 0 Å². The van der Waals surface area contributed by atoms with Gasteiger partial charge in [-0.05, 0) is 77.3 Å². The number of nitrogens with zero attached hydrogens (tertiary/aromatic N) is 2. The summed E-state index contributed by atoms with van der Waals surface area (Å²) >= 11 is 0. The van der Waals surface area contributed by atoms with Crippen molar-refractivity contribution in [1.82, 2.24) is 30.0 Å². The number of aromatic nitrogens is 1. The number of amides is 4. The second-order valence-corrected chi connectivity index (χ2v) is 14.2. The molecule has 4 N–H and O–H groups in total. The molecule has 1 saturated carbocycles. The van der Waals surface area contributed by atoms with E-state index in [0.717, 1.165) is 18.4 Å². The van der Waals surface area contributed by atoms with Crippen molar-refractivity contribution in [2.45, 2.75) is 102 Å². The number of carbonyl (C=O) groups is 4. The van der Waals surface area contributed by atoms with Gasteiger partial charge in [0.15, 0.2) is 0 Å². The third-order valence-electron chi connectivity index (χ3n) is 7.98. The molecule has 44 heavy (non-hydrogen) atoms. The highest BCUT2D eigenvalue weighted by atomic mass is 32.2. The van der Waals surface area contributed by atoms with Crippen molar-refractivity contribution in [3.05, 3.63) is 42.2 Å². The zero-order chi connectivity index (χ0) is 32.0. The summed E-state index contributed by atoms with van der Waals surface area (Å²) in [5.41, 5.74) is -1.37. The Kier molecular flexibility index (Phi) is 10.7. The molecule has 0 spiro atoms. The van der Waals surface area contributed by atoms with E-state index < -0.39 is 57.3 Å². The van der Waals surface area contributed by atoms with E-state index >= 15 is 0 Å². The van der Waals surface area contributed by atoms with E-state index in [1.165, 1.54) is 4.90 Å². The quantitative estimate of drug-likeness (QED) is 0.329. The SMILES string of the molecule is CC(C)(C)OC(=O)N[C@H]1CCCCC/C=C\[C@H]2C[C@@]2(C(=O)NS(=O)(=O)NCCc2cccnc2)NC(=O)[C@@H]2CCCN2C1=O. The van der Waals surface area contributed by atoms with Gasteiger partial charge >= 0.3 is 16.3 Å². The minimum atomic E-state index is -4.22. The van der Waals surface area contributed by atoms with Crippen molar-refractivity contribution in [2.75, 3.05) is 13.1 Å². The summed E-state index contributed by atoms with van der Waals surface area (Å²) in [5, 5.41) is 5.51. The molecular weight excluding hydrogens is 588 g/mol. The molecule has 14 heteroatoms. The number of pyridine rings is 1. The van der Waals surface area contributed by atoms with Crippen molar-refractivity contribution < 1.29 is 32.3 Å². The number of allylic oxidation sites excluding steroid dienone is 1. The molecule has 242 valence electrons. The van der Waals surface area contributed by atoms with Gasteiger partial charge in [0.05, 0.1) is 0 Å². The lowest BCUT2D eigenvalue weighted by Gasteiger charge is -2.30. The van der Waals surface area contributed by atoms with Crippen LogP contribution in [0, 0.1) is 5.92 Å². The molecule has 13 nitrogen and oxygen atoms in total. The summed E-state index contributed by atoms with van der Waals surface area (Å²) < 4.78 is 35.4. The molecule has 3 aliphatic rings. The number of alkyl carbamates (subject to hydrolysis) is 1. The first kappa shape index (κ1) is 33.4. The third kappa shape index (κ3) is 9.00. The minimum absolute atomic E-state index is 0.0502. The molecule has 1 aromatic heterocycles. The summed E-state index contributed by atoms with van der Waals surface area (Å²) in [6, 6.07) is 1.84. The fraction of sp³-hybridized carbons (Fsp3) is 0.633. The fourth-order valence-electron chi connectivity index (χ4n) is 5.67. The summed E-state index contributed by atoms with van der Waals surface area (Å²) in [6.07, 6.45) is 11.3. The summed E-state index contributed by atoms with van der Waals surface area (Å²) in [7, 11) is -4.22. The predicted molar refractivity (Wildman–Crippen MR) is 162 cm³/mol. The average molecular weight is 633 g/mol. The smallest absolute Gasteiger partial charge is 0.408 e. The van der Waals surface area contributed by atoms with E-state index in [4.69, 9.17) is 4.74 Å². The molecule has 2 aliphatic heterocycles. The summed E-state index contributed by atoms with van der Waals surface area (Å²) in [5.74, 6) is -2.14. The van der Waals surface area contributed by atoms with Gasteiger partial charge in [0.2, 0.25) is 11.8 Å². The topological polar surface area (TPSA) is 176 Å². The molecule has 3 heterocycles. The Labute approximate surface area is 259 Å². The third-order valence-corrected chi connectivity index (χ3v) is 9.02. The van der Waals surface area contributed by atoms with Crippen molar-refractivity contribution in [2.24, 2.45) is 5.92 Å². The molecule has 4 amide bonds. The lowest BCUT2D eigenvalue weighted by Crippen LogP contribution is -2.59. The van der Waals surface area contributed by atoms with Crippen LogP contribution in [0.4, 0.5) is 4.79 Å². The normalized spacial score (nSPS) is 27.1. The maximum atomic E-state index is 13.7. The van der Waals surface area contributed by atoms with Crippen LogP contribution >= 0.6 is 0 Å². The second-order valence-electron chi connectivity index (χ2n) is 12.7. The van der Waals surface area contributed by atoms with Crippen molar-refractivity contribution in [3.8, 4) is 0 Å². The van der Waals surface area contributed by atoms with Crippen LogP contribution in [0.5, 0.6) is 0 Å². The van der Waals surface area contributed by atoms with Gasteiger partial charge in [-0.1, -0.05) is 31.1 Å².